The number of para-hydroxylation sites is 2. The van der Waals surface area contributed by atoms with Gasteiger partial charge in [0.15, 0.2) is 0 Å². The molecule has 2 atom stereocenters. The Labute approximate surface area is 168 Å². The van der Waals surface area contributed by atoms with Crippen molar-refractivity contribution in [2.24, 2.45) is 5.92 Å². The number of fused-ring (bicyclic) bond motifs is 2. The van der Waals surface area contributed by atoms with Crippen molar-refractivity contribution in [3.63, 3.8) is 0 Å². The molecule has 3 rings (SSSR count). The minimum absolute atomic E-state index is 0.0615. The SMILES string of the molecule is COC(=O)[C@H](C[C@H](C)C(=O)OC)NC(=O)c1c2ccccc2nc2ccccc12. The van der Waals surface area contributed by atoms with Gasteiger partial charge >= 0.3 is 11.9 Å². The van der Waals surface area contributed by atoms with Gasteiger partial charge in [-0.25, -0.2) is 9.78 Å². The molecule has 1 aromatic heterocycles. The lowest BCUT2D eigenvalue weighted by atomic mass is 9.99. The third-order valence-corrected chi connectivity index (χ3v) is 4.80. The van der Waals surface area contributed by atoms with Gasteiger partial charge in [0.25, 0.3) is 5.91 Å². The van der Waals surface area contributed by atoms with E-state index < -0.39 is 29.8 Å². The fraction of sp³-hybridized carbons (Fsp3) is 0.273. The van der Waals surface area contributed by atoms with Gasteiger partial charge in [-0.3, -0.25) is 9.59 Å². The molecule has 0 radical (unpaired) electrons. The van der Waals surface area contributed by atoms with Gasteiger partial charge in [-0.1, -0.05) is 43.3 Å². The largest absolute Gasteiger partial charge is 0.469 e. The zero-order chi connectivity index (χ0) is 21.0. The standard InChI is InChI=1S/C22H22N2O5/c1-13(21(26)28-2)12-18(22(27)29-3)24-20(25)19-14-8-4-6-10-16(14)23-17-11-7-5-9-15(17)19/h4-11,13,18H,12H2,1-3H3,(H,24,25)/t13-,18-/m0/s1. The summed E-state index contributed by atoms with van der Waals surface area (Å²) in [6, 6.07) is 13.6. The zero-order valence-corrected chi connectivity index (χ0v) is 16.5. The smallest absolute Gasteiger partial charge is 0.328 e. The Morgan fingerprint density at radius 2 is 1.41 bits per heavy atom. The fourth-order valence-corrected chi connectivity index (χ4v) is 3.32. The Hall–Kier alpha value is -3.48. The number of nitrogens with zero attached hydrogens (tertiary/aromatic N) is 1. The van der Waals surface area contributed by atoms with Gasteiger partial charge in [-0.15, -0.1) is 0 Å². The van der Waals surface area contributed by atoms with Gasteiger partial charge in [-0.2, -0.15) is 0 Å². The Morgan fingerprint density at radius 3 is 1.93 bits per heavy atom. The third kappa shape index (κ3) is 4.18. The molecule has 150 valence electrons. The summed E-state index contributed by atoms with van der Waals surface area (Å²) in [6.07, 6.45) is 0.0615. The second-order valence-electron chi connectivity index (χ2n) is 6.73. The van der Waals surface area contributed by atoms with Gasteiger partial charge < -0.3 is 14.8 Å². The van der Waals surface area contributed by atoms with Crippen LogP contribution in [0.2, 0.25) is 0 Å². The second-order valence-corrected chi connectivity index (χ2v) is 6.73. The minimum Gasteiger partial charge on any atom is -0.469 e. The minimum atomic E-state index is -0.993. The molecule has 2 aromatic carbocycles. The predicted molar refractivity (Wildman–Crippen MR) is 108 cm³/mol. The first-order valence-electron chi connectivity index (χ1n) is 9.20. The van der Waals surface area contributed by atoms with E-state index in [1.807, 2.05) is 48.5 Å². The molecule has 0 aliphatic rings. The molecule has 3 aromatic rings. The number of hydrogen-bond acceptors (Lipinski definition) is 6. The number of pyridine rings is 1. The molecule has 29 heavy (non-hydrogen) atoms. The lowest BCUT2D eigenvalue weighted by Crippen LogP contribution is -2.43. The molecular weight excluding hydrogens is 372 g/mol. The number of hydrogen-bond donors (Lipinski definition) is 1. The first-order valence-corrected chi connectivity index (χ1v) is 9.20. The van der Waals surface area contributed by atoms with Crippen LogP contribution in [-0.4, -0.2) is 43.1 Å². The van der Waals surface area contributed by atoms with Crippen LogP contribution in [0.1, 0.15) is 23.7 Å². The van der Waals surface area contributed by atoms with E-state index in [1.165, 1.54) is 14.2 Å². The molecule has 0 saturated heterocycles. The van der Waals surface area contributed by atoms with Crippen LogP contribution in [0, 0.1) is 5.92 Å². The Morgan fingerprint density at radius 1 is 0.897 bits per heavy atom. The third-order valence-electron chi connectivity index (χ3n) is 4.80. The molecule has 0 aliphatic carbocycles. The number of methoxy groups -OCH3 is 2. The summed E-state index contributed by atoms with van der Waals surface area (Å²) >= 11 is 0. The maximum Gasteiger partial charge on any atom is 0.328 e. The fourth-order valence-electron chi connectivity index (χ4n) is 3.32. The Bertz CT molecular complexity index is 1030. The molecular formula is C22H22N2O5. The van der Waals surface area contributed by atoms with Crippen LogP contribution in [-0.2, 0) is 19.1 Å². The van der Waals surface area contributed by atoms with E-state index in [2.05, 4.69) is 10.3 Å². The van der Waals surface area contributed by atoms with Crippen molar-refractivity contribution in [1.82, 2.24) is 10.3 Å². The van der Waals surface area contributed by atoms with Crippen molar-refractivity contribution in [3.05, 3.63) is 54.1 Å². The molecule has 1 amide bonds. The van der Waals surface area contributed by atoms with E-state index >= 15 is 0 Å². The van der Waals surface area contributed by atoms with Crippen molar-refractivity contribution in [2.45, 2.75) is 19.4 Å². The quantitative estimate of drug-likeness (QED) is 0.510. The summed E-state index contributed by atoms with van der Waals surface area (Å²) in [5, 5.41) is 4.08. The number of nitrogens with one attached hydrogen (secondary N) is 1. The number of carbonyl (C=O) groups is 3. The maximum atomic E-state index is 13.3. The van der Waals surface area contributed by atoms with E-state index in [4.69, 9.17) is 9.47 Å². The van der Waals surface area contributed by atoms with E-state index in [9.17, 15) is 14.4 Å². The number of rotatable bonds is 6. The highest BCUT2D eigenvalue weighted by Gasteiger charge is 2.28. The summed E-state index contributed by atoms with van der Waals surface area (Å²) in [5.74, 6) is -2.12. The molecule has 0 unspecified atom stereocenters. The molecule has 0 bridgehead atoms. The van der Waals surface area contributed by atoms with Gasteiger partial charge in [0.05, 0.1) is 36.7 Å². The van der Waals surface area contributed by atoms with Crippen molar-refractivity contribution >= 4 is 39.7 Å². The van der Waals surface area contributed by atoms with Gasteiger partial charge in [0.1, 0.15) is 6.04 Å². The summed E-state index contributed by atoms with van der Waals surface area (Å²) in [4.78, 5) is 41.9. The van der Waals surface area contributed by atoms with E-state index in [0.29, 0.717) is 27.4 Å². The highest BCUT2D eigenvalue weighted by Crippen LogP contribution is 2.26. The molecule has 1 heterocycles. The number of carbonyl (C=O) groups excluding carboxylic acids is 3. The zero-order valence-electron chi connectivity index (χ0n) is 16.5. The van der Waals surface area contributed by atoms with Crippen molar-refractivity contribution in [2.75, 3.05) is 14.2 Å². The topological polar surface area (TPSA) is 94.6 Å². The number of benzene rings is 2. The van der Waals surface area contributed by atoms with Gasteiger partial charge in [-0.05, 0) is 18.6 Å². The van der Waals surface area contributed by atoms with Gasteiger partial charge in [0, 0.05) is 10.8 Å². The highest BCUT2D eigenvalue weighted by atomic mass is 16.5. The average Bonchev–Trinajstić information content (AvgIpc) is 2.75. The lowest BCUT2D eigenvalue weighted by molar-refractivity contribution is -0.147. The van der Waals surface area contributed by atoms with Crippen molar-refractivity contribution in [1.29, 1.82) is 0 Å². The van der Waals surface area contributed by atoms with Crippen molar-refractivity contribution in [3.8, 4) is 0 Å². The average molecular weight is 394 g/mol. The molecule has 0 fully saturated rings. The molecule has 7 heteroatoms. The molecule has 7 nitrogen and oxygen atoms in total. The maximum absolute atomic E-state index is 13.3. The Balaban J connectivity index is 2.02. The lowest BCUT2D eigenvalue weighted by Gasteiger charge is -2.20. The predicted octanol–water partition coefficient (Wildman–Crippen LogP) is 2.86. The van der Waals surface area contributed by atoms with Gasteiger partial charge in [0.2, 0.25) is 0 Å². The van der Waals surface area contributed by atoms with Crippen LogP contribution in [0.3, 0.4) is 0 Å². The summed E-state index contributed by atoms with van der Waals surface area (Å²) in [7, 11) is 2.52. The number of ether oxygens (including phenoxy) is 2. The molecule has 0 spiro atoms. The van der Waals surface area contributed by atoms with E-state index in [-0.39, 0.29) is 6.42 Å². The monoisotopic (exact) mass is 394 g/mol. The second kappa shape index (κ2) is 8.68. The summed E-state index contributed by atoms with van der Waals surface area (Å²) in [5.41, 5.74) is 1.77. The molecule has 1 N–H and O–H groups in total. The van der Waals surface area contributed by atoms with Crippen LogP contribution in [0.15, 0.2) is 48.5 Å². The Kier molecular flexibility index (Phi) is 6.07. The summed E-state index contributed by atoms with van der Waals surface area (Å²) < 4.78 is 9.54. The molecule has 0 saturated carbocycles. The highest BCUT2D eigenvalue weighted by molar-refractivity contribution is 6.16. The normalized spacial score (nSPS) is 12.9. The van der Waals surface area contributed by atoms with Crippen LogP contribution >= 0.6 is 0 Å². The number of esters is 2. The van der Waals surface area contributed by atoms with Crippen molar-refractivity contribution < 1.29 is 23.9 Å². The first kappa shape index (κ1) is 20.3. The number of amides is 1. The molecule has 0 aliphatic heterocycles. The van der Waals surface area contributed by atoms with E-state index in [1.54, 1.807) is 6.92 Å². The first-order chi connectivity index (χ1) is 14.0. The van der Waals surface area contributed by atoms with Crippen LogP contribution in [0.5, 0.6) is 0 Å². The van der Waals surface area contributed by atoms with Crippen LogP contribution < -0.4 is 5.32 Å². The number of aromatic nitrogens is 1. The summed E-state index contributed by atoms with van der Waals surface area (Å²) in [6.45, 7) is 1.63. The van der Waals surface area contributed by atoms with Crippen LogP contribution in [0.4, 0.5) is 0 Å². The van der Waals surface area contributed by atoms with E-state index in [0.717, 1.165) is 0 Å². The van der Waals surface area contributed by atoms with Crippen LogP contribution in [0.25, 0.3) is 21.8 Å².